The molecule has 0 bridgehead atoms. The van der Waals surface area contributed by atoms with Crippen LogP contribution in [0.4, 0.5) is 11.4 Å². The average molecular weight is 382 g/mol. The van der Waals surface area contributed by atoms with Crippen molar-refractivity contribution < 1.29 is 4.79 Å². The molecule has 2 aromatic rings. The average Bonchev–Trinajstić information content (AvgIpc) is 2.83. The second-order valence-electron chi connectivity index (χ2n) is 6.76. The summed E-state index contributed by atoms with van der Waals surface area (Å²) in [7, 11) is 0. The summed E-state index contributed by atoms with van der Waals surface area (Å²) >= 11 is 11.9. The van der Waals surface area contributed by atoms with E-state index in [1.165, 1.54) is 0 Å². The number of benzene rings is 2. The molecule has 0 N–H and O–H groups in total. The highest BCUT2D eigenvalue weighted by molar-refractivity contribution is 7.81. The zero-order valence-electron chi connectivity index (χ0n) is 14.2. The Balaban J connectivity index is 1.80. The number of carbonyl (C=O) groups excluding carboxylic acids is 1. The van der Waals surface area contributed by atoms with Gasteiger partial charge in [-0.1, -0.05) is 29.3 Å². The Bertz CT molecular complexity index is 960. The third-order valence-corrected chi connectivity index (χ3v) is 5.89. The Labute approximate surface area is 162 Å². The van der Waals surface area contributed by atoms with Gasteiger partial charge >= 0.3 is 0 Å². The van der Waals surface area contributed by atoms with Gasteiger partial charge in [0.2, 0.25) is 0 Å². The number of amides is 1. The van der Waals surface area contributed by atoms with Crippen LogP contribution >= 0.6 is 23.8 Å². The van der Waals surface area contributed by atoms with E-state index in [-0.39, 0.29) is 5.91 Å². The lowest BCUT2D eigenvalue weighted by Crippen LogP contribution is -2.55. The Kier molecular flexibility index (Phi) is 3.98. The second kappa shape index (κ2) is 6.08. The fourth-order valence-electron chi connectivity index (χ4n) is 3.64. The number of anilines is 2. The highest BCUT2D eigenvalue weighted by Crippen LogP contribution is 2.48. The van der Waals surface area contributed by atoms with Gasteiger partial charge in [-0.25, -0.2) is 0 Å². The lowest BCUT2D eigenvalue weighted by atomic mass is 9.75. The van der Waals surface area contributed by atoms with E-state index >= 15 is 0 Å². The smallest absolute Gasteiger partial charge is 0.259 e. The Morgan fingerprint density at radius 2 is 1.81 bits per heavy atom. The standard InChI is InChI=1S/C20H16ClN3OS/c1-13-3-6-15(7-4-13)24-19(26)23(18(25)20(24)9-2-10-20)16-8-5-14(12-22)17(21)11-16/h3-8,11H,2,9-10H2,1H3. The number of nitrogens with zero attached hydrogens (tertiary/aromatic N) is 3. The maximum atomic E-state index is 13.3. The summed E-state index contributed by atoms with van der Waals surface area (Å²) in [5, 5.41) is 9.85. The number of halogens is 1. The van der Waals surface area contributed by atoms with E-state index in [0.717, 1.165) is 30.5 Å². The number of hydrogen-bond donors (Lipinski definition) is 0. The minimum atomic E-state index is -0.604. The first-order chi connectivity index (χ1) is 12.5. The largest absolute Gasteiger partial charge is 0.303 e. The maximum Gasteiger partial charge on any atom is 0.259 e. The van der Waals surface area contributed by atoms with E-state index in [1.807, 2.05) is 42.2 Å². The number of thiocarbonyl (C=S) groups is 1. The molecular formula is C20H16ClN3OS. The molecule has 0 atom stereocenters. The summed E-state index contributed by atoms with van der Waals surface area (Å²) in [5.41, 5.74) is 2.46. The van der Waals surface area contributed by atoms with Crippen LogP contribution in [0.2, 0.25) is 5.02 Å². The molecule has 6 heteroatoms. The number of rotatable bonds is 2. The van der Waals surface area contributed by atoms with Crippen molar-refractivity contribution >= 4 is 46.2 Å². The van der Waals surface area contributed by atoms with Crippen LogP contribution in [-0.4, -0.2) is 16.6 Å². The third-order valence-electron chi connectivity index (χ3n) is 5.22. The van der Waals surface area contributed by atoms with Crippen molar-refractivity contribution in [2.75, 3.05) is 9.80 Å². The van der Waals surface area contributed by atoms with Gasteiger partial charge in [0.15, 0.2) is 5.11 Å². The van der Waals surface area contributed by atoms with Gasteiger partial charge in [-0.15, -0.1) is 0 Å². The molecule has 2 aromatic carbocycles. The first-order valence-electron chi connectivity index (χ1n) is 8.43. The van der Waals surface area contributed by atoms with Crippen LogP contribution in [0.15, 0.2) is 42.5 Å². The van der Waals surface area contributed by atoms with Gasteiger partial charge in [0.05, 0.1) is 16.3 Å². The molecule has 130 valence electrons. The molecule has 4 nitrogen and oxygen atoms in total. The summed E-state index contributed by atoms with van der Waals surface area (Å²) in [4.78, 5) is 16.9. The van der Waals surface area contributed by atoms with E-state index in [0.29, 0.717) is 21.4 Å². The van der Waals surface area contributed by atoms with Crippen LogP contribution in [0.1, 0.15) is 30.4 Å². The van der Waals surface area contributed by atoms with E-state index in [9.17, 15) is 4.79 Å². The van der Waals surface area contributed by atoms with Crippen molar-refractivity contribution in [2.24, 2.45) is 0 Å². The fourth-order valence-corrected chi connectivity index (χ4v) is 4.32. The molecule has 0 aromatic heterocycles. The zero-order valence-corrected chi connectivity index (χ0v) is 15.8. The van der Waals surface area contributed by atoms with Crippen LogP contribution in [0.3, 0.4) is 0 Å². The molecule has 1 saturated heterocycles. The lowest BCUT2D eigenvalue weighted by molar-refractivity contribution is -0.123. The lowest BCUT2D eigenvalue weighted by Gasteiger charge is -2.43. The number of nitriles is 1. The molecule has 0 radical (unpaired) electrons. The fraction of sp³-hybridized carbons (Fsp3) is 0.250. The summed E-state index contributed by atoms with van der Waals surface area (Å²) in [5.74, 6) is -0.0184. The Morgan fingerprint density at radius 1 is 1.15 bits per heavy atom. The molecule has 1 aliphatic carbocycles. The molecule has 2 fully saturated rings. The van der Waals surface area contributed by atoms with Gasteiger partial charge in [-0.2, -0.15) is 5.26 Å². The predicted molar refractivity (Wildman–Crippen MR) is 106 cm³/mol. The molecule has 1 saturated carbocycles. The molecule has 2 aliphatic rings. The van der Waals surface area contributed by atoms with Crippen molar-refractivity contribution in [1.82, 2.24) is 0 Å². The van der Waals surface area contributed by atoms with Crippen LogP contribution in [0, 0.1) is 18.3 Å². The van der Waals surface area contributed by atoms with E-state index in [1.54, 1.807) is 23.1 Å². The van der Waals surface area contributed by atoms with E-state index in [4.69, 9.17) is 29.1 Å². The second-order valence-corrected chi connectivity index (χ2v) is 7.53. The van der Waals surface area contributed by atoms with Gasteiger partial charge < -0.3 is 4.90 Å². The van der Waals surface area contributed by atoms with Crippen molar-refractivity contribution in [3.63, 3.8) is 0 Å². The van der Waals surface area contributed by atoms with Crippen molar-refractivity contribution in [2.45, 2.75) is 31.7 Å². The van der Waals surface area contributed by atoms with Gasteiger partial charge in [0.1, 0.15) is 11.6 Å². The van der Waals surface area contributed by atoms with Crippen molar-refractivity contribution in [3.8, 4) is 6.07 Å². The molecular weight excluding hydrogens is 366 g/mol. The quantitative estimate of drug-likeness (QED) is 0.714. The first kappa shape index (κ1) is 17.0. The topological polar surface area (TPSA) is 47.3 Å². The van der Waals surface area contributed by atoms with E-state index < -0.39 is 5.54 Å². The van der Waals surface area contributed by atoms with Crippen molar-refractivity contribution in [3.05, 3.63) is 58.6 Å². The summed E-state index contributed by atoms with van der Waals surface area (Å²) in [6.45, 7) is 2.03. The van der Waals surface area contributed by atoms with Crippen LogP contribution < -0.4 is 9.80 Å². The van der Waals surface area contributed by atoms with Gasteiger partial charge in [0, 0.05) is 5.69 Å². The first-order valence-corrected chi connectivity index (χ1v) is 9.22. The summed E-state index contributed by atoms with van der Waals surface area (Å²) in [6.07, 6.45) is 2.55. The van der Waals surface area contributed by atoms with Gasteiger partial charge in [-0.3, -0.25) is 9.69 Å². The molecule has 1 aliphatic heterocycles. The minimum Gasteiger partial charge on any atom is -0.303 e. The predicted octanol–water partition coefficient (Wildman–Crippen LogP) is 4.58. The molecule has 26 heavy (non-hydrogen) atoms. The highest BCUT2D eigenvalue weighted by Gasteiger charge is 2.59. The molecule has 0 unspecified atom stereocenters. The Hall–Kier alpha value is -2.42. The summed E-state index contributed by atoms with van der Waals surface area (Å²) < 4.78 is 0. The molecule has 4 rings (SSSR count). The molecule has 1 spiro atoms. The van der Waals surface area contributed by atoms with Crippen LogP contribution in [0.25, 0.3) is 0 Å². The van der Waals surface area contributed by atoms with E-state index in [2.05, 4.69) is 0 Å². The Morgan fingerprint density at radius 3 is 2.35 bits per heavy atom. The van der Waals surface area contributed by atoms with Crippen molar-refractivity contribution in [1.29, 1.82) is 5.26 Å². The SMILES string of the molecule is Cc1ccc(N2C(=S)N(c3ccc(C#N)c(Cl)c3)C(=O)C23CCC3)cc1. The highest BCUT2D eigenvalue weighted by atomic mass is 35.5. The molecule has 1 amide bonds. The minimum absolute atomic E-state index is 0.0184. The maximum absolute atomic E-state index is 13.3. The van der Waals surface area contributed by atoms with Gasteiger partial charge in [-0.05, 0) is 68.7 Å². The van der Waals surface area contributed by atoms with Crippen LogP contribution in [-0.2, 0) is 4.79 Å². The van der Waals surface area contributed by atoms with Crippen LogP contribution in [0.5, 0.6) is 0 Å². The third kappa shape index (κ3) is 2.33. The van der Waals surface area contributed by atoms with Gasteiger partial charge in [0.25, 0.3) is 5.91 Å². The zero-order chi connectivity index (χ0) is 18.5. The number of hydrogen-bond acceptors (Lipinski definition) is 3. The summed E-state index contributed by atoms with van der Waals surface area (Å²) in [6, 6.07) is 15.1. The number of aryl methyl sites for hydroxylation is 1. The number of carbonyl (C=O) groups is 1. The molecule has 1 heterocycles. The monoisotopic (exact) mass is 381 g/mol. The normalized spacial score (nSPS) is 18.2.